The van der Waals surface area contributed by atoms with E-state index in [9.17, 15) is 4.79 Å². The predicted molar refractivity (Wildman–Crippen MR) is 139 cm³/mol. The lowest BCUT2D eigenvalue weighted by Gasteiger charge is -2.39. The van der Waals surface area contributed by atoms with Gasteiger partial charge in [-0.1, -0.05) is 41.4 Å². The van der Waals surface area contributed by atoms with Gasteiger partial charge in [0.1, 0.15) is 12.3 Å². The number of carbonyl (C=O) groups is 1. The Balaban J connectivity index is 1.60. The third-order valence-electron chi connectivity index (χ3n) is 6.21. The van der Waals surface area contributed by atoms with E-state index in [2.05, 4.69) is 58.9 Å². The number of para-hydroxylation sites is 1. The van der Waals surface area contributed by atoms with Crippen LogP contribution in [0.1, 0.15) is 19.4 Å². The van der Waals surface area contributed by atoms with Crippen molar-refractivity contribution in [1.82, 2.24) is 4.90 Å². The number of thioether (sulfide) groups is 1. The lowest BCUT2D eigenvalue weighted by molar-refractivity contribution is -0.108. The van der Waals surface area contributed by atoms with Crippen LogP contribution < -0.4 is 9.80 Å². The molecular weight excluding hydrogens is 461 g/mol. The second-order valence-corrected chi connectivity index (χ2v) is 10.4. The Hall–Kier alpha value is -1.66. The normalized spacial score (nSPS) is 21.4. The molecule has 32 heavy (non-hydrogen) atoms. The van der Waals surface area contributed by atoms with Crippen molar-refractivity contribution in [1.29, 1.82) is 0 Å². The quantitative estimate of drug-likeness (QED) is 0.503. The smallest absolute Gasteiger partial charge is 0.147 e. The van der Waals surface area contributed by atoms with Crippen LogP contribution in [0.4, 0.5) is 11.4 Å². The summed E-state index contributed by atoms with van der Waals surface area (Å²) in [6.07, 6.45) is 3.22. The van der Waals surface area contributed by atoms with Crippen LogP contribution in [-0.4, -0.2) is 61.7 Å². The Morgan fingerprint density at radius 3 is 2.44 bits per heavy atom. The first-order valence-electron chi connectivity index (χ1n) is 11.1. The summed E-state index contributed by atoms with van der Waals surface area (Å²) in [4.78, 5) is 20.4. The third-order valence-corrected chi connectivity index (χ3v) is 8.03. The molecule has 2 aromatic carbocycles. The van der Waals surface area contributed by atoms with Crippen LogP contribution in [0.5, 0.6) is 0 Å². The Morgan fingerprint density at radius 2 is 1.75 bits per heavy atom. The van der Waals surface area contributed by atoms with E-state index in [-0.39, 0.29) is 6.04 Å². The molecule has 1 atom stereocenters. The Bertz CT molecular complexity index is 989. The molecule has 170 valence electrons. The summed E-state index contributed by atoms with van der Waals surface area (Å²) in [6.45, 7) is 9.46. The summed E-state index contributed by atoms with van der Waals surface area (Å²) < 4.78 is 0. The van der Waals surface area contributed by atoms with Crippen molar-refractivity contribution >= 4 is 58.7 Å². The highest BCUT2D eigenvalue weighted by molar-refractivity contribution is 8.03. The number of hydrogen-bond acceptors (Lipinski definition) is 5. The highest BCUT2D eigenvalue weighted by Gasteiger charge is 2.28. The van der Waals surface area contributed by atoms with Gasteiger partial charge in [-0.05, 0) is 49.8 Å². The molecule has 2 aliphatic heterocycles. The molecule has 2 aromatic rings. The van der Waals surface area contributed by atoms with Crippen molar-refractivity contribution < 1.29 is 4.79 Å². The third kappa shape index (κ3) is 5.12. The highest BCUT2D eigenvalue weighted by atomic mass is 35.5. The van der Waals surface area contributed by atoms with Crippen LogP contribution in [0.2, 0.25) is 10.0 Å². The zero-order valence-corrected chi connectivity index (χ0v) is 20.8. The summed E-state index contributed by atoms with van der Waals surface area (Å²) in [7, 11) is 0. The Morgan fingerprint density at radius 1 is 1.00 bits per heavy atom. The molecule has 2 aliphatic rings. The van der Waals surface area contributed by atoms with E-state index in [1.807, 2.05) is 12.1 Å². The molecule has 4 nitrogen and oxygen atoms in total. The minimum absolute atomic E-state index is 0.336. The maximum atomic E-state index is 12.2. The van der Waals surface area contributed by atoms with Gasteiger partial charge < -0.3 is 14.6 Å². The van der Waals surface area contributed by atoms with Gasteiger partial charge in [0.25, 0.3) is 0 Å². The molecule has 0 aromatic heterocycles. The largest absolute Gasteiger partial charge is 0.368 e. The molecule has 0 amide bonds. The van der Waals surface area contributed by atoms with Crippen molar-refractivity contribution in [3.05, 3.63) is 63.0 Å². The van der Waals surface area contributed by atoms with E-state index in [0.717, 1.165) is 60.9 Å². The van der Waals surface area contributed by atoms with Crippen LogP contribution in [0.3, 0.4) is 0 Å². The molecule has 0 bridgehead atoms. The maximum Gasteiger partial charge on any atom is 0.147 e. The van der Waals surface area contributed by atoms with Gasteiger partial charge >= 0.3 is 0 Å². The molecule has 4 rings (SSSR count). The average Bonchev–Trinajstić information content (AvgIpc) is 2.81. The summed E-state index contributed by atoms with van der Waals surface area (Å²) in [5.41, 5.74) is 3.32. The number of halogens is 2. The van der Waals surface area contributed by atoms with Crippen LogP contribution >= 0.6 is 35.0 Å². The van der Waals surface area contributed by atoms with Gasteiger partial charge in [-0.2, -0.15) is 0 Å². The van der Waals surface area contributed by atoms with Crippen molar-refractivity contribution in [3.63, 3.8) is 0 Å². The number of carbonyl (C=O) groups excluding carboxylic acids is 1. The van der Waals surface area contributed by atoms with Gasteiger partial charge in [-0.25, -0.2) is 0 Å². The maximum absolute atomic E-state index is 12.2. The predicted octanol–water partition coefficient (Wildman–Crippen LogP) is 5.69. The first-order chi connectivity index (χ1) is 15.5. The molecule has 0 N–H and O–H groups in total. The van der Waals surface area contributed by atoms with Crippen LogP contribution in [0, 0.1) is 0 Å². The SMILES string of the molecule is CC(C)N1CCN(c2ccccc2C=C2SCCN(c3ccc(Cl)c(Cl)c3)C2C=O)CC1. The fourth-order valence-electron chi connectivity index (χ4n) is 4.39. The molecule has 2 heterocycles. The fourth-order valence-corrected chi connectivity index (χ4v) is 5.77. The van der Waals surface area contributed by atoms with E-state index in [0.29, 0.717) is 16.1 Å². The zero-order valence-electron chi connectivity index (χ0n) is 18.5. The lowest BCUT2D eigenvalue weighted by Crippen LogP contribution is -2.49. The number of aldehydes is 1. The van der Waals surface area contributed by atoms with E-state index < -0.39 is 0 Å². The molecule has 7 heteroatoms. The summed E-state index contributed by atoms with van der Waals surface area (Å²) >= 11 is 14.1. The van der Waals surface area contributed by atoms with Crippen LogP contribution in [-0.2, 0) is 4.79 Å². The first kappa shape index (κ1) is 23.5. The van der Waals surface area contributed by atoms with E-state index in [1.54, 1.807) is 17.8 Å². The zero-order chi connectivity index (χ0) is 22.7. The standard InChI is InChI=1S/C25H29Cl2N3OS/c1-18(2)28-9-11-29(12-10-28)23-6-4-3-5-19(23)15-25-24(17-31)30(13-14-32-25)20-7-8-21(26)22(27)16-20/h3-8,15-18,24H,9-14H2,1-2H3. The Kier molecular flexibility index (Phi) is 7.72. The summed E-state index contributed by atoms with van der Waals surface area (Å²) in [6, 6.07) is 14.3. The molecule has 0 aliphatic carbocycles. The summed E-state index contributed by atoms with van der Waals surface area (Å²) in [5, 5.41) is 1.02. The molecule has 2 fully saturated rings. The molecule has 0 radical (unpaired) electrons. The topological polar surface area (TPSA) is 26.8 Å². The van der Waals surface area contributed by atoms with Gasteiger partial charge in [0.2, 0.25) is 0 Å². The lowest BCUT2D eigenvalue weighted by atomic mass is 10.1. The van der Waals surface area contributed by atoms with Gasteiger partial charge in [0.15, 0.2) is 0 Å². The number of benzene rings is 2. The molecule has 0 spiro atoms. The molecule has 2 saturated heterocycles. The second kappa shape index (κ2) is 10.5. The minimum Gasteiger partial charge on any atom is -0.368 e. The van der Waals surface area contributed by atoms with Gasteiger partial charge in [0.05, 0.1) is 10.0 Å². The number of anilines is 2. The van der Waals surface area contributed by atoms with Crippen molar-refractivity contribution in [3.8, 4) is 0 Å². The summed E-state index contributed by atoms with van der Waals surface area (Å²) in [5.74, 6) is 0.908. The number of rotatable bonds is 5. The fraction of sp³-hybridized carbons (Fsp3) is 0.400. The number of nitrogens with zero attached hydrogens (tertiary/aromatic N) is 3. The minimum atomic E-state index is -0.336. The number of piperazine rings is 1. The Labute approximate surface area is 205 Å². The van der Waals surface area contributed by atoms with E-state index >= 15 is 0 Å². The van der Waals surface area contributed by atoms with Crippen LogP contribution in [0.25, 0.3) is 6.08 Å². The highest BCUT2D eigenvalue weighted by Crippen LogP contribution is 2.36. The van der Waals surface area contributed by atoms with Gasteiger partial charge in [-0.15, -0.1) is 11.8 Å². The van der Waals surface area contributed by atoms with Crippen LogP contribution in [0.15, 0.2) is 47.4 Å². The second-order valence-electron chi connectivity index (χ2n) is 8.44. The monoisotopic (exact) mass is 489 g/mol. The molecule has 1 unspecified atom stereocenters. The van der Waals surface area contributed by atoms with Crippen molar-refractivity contribution in [2.45, 2.75) is 25.9 Å². The van der Waals surface area contributed by atoms with E-state index in [4.69, 9.17) is 23.2 Å². The van der Waals surface area contributed by atoms with Crippen molar-refractivity contribution in [2.75, 3.05) is 48.3 Å². The van der Waals surface area contributed by atoms with Gasteiger partial charge in [0, 0.05) is 60.8 Å². The van der Waals surface area contributed by atoms with Crippen molar-refractivity contribution in [2.24, 2.45) is 0 Å². The molecule has 0 saturated carbocycles. The van der Waals surface area contributed by atoms with Gasteiger partial charge in [-0.3, -0.25) is 4.90 Å². The average molecular weight is 491 g/mol. The first-order valence-corrected chi connectivity index (χ1v) is 12.8. The molecular formula is C25H29Cl2N3OS. The van der Waals surface area contributed by atoms with E-state index in [1.165, 1.54) is 5.69 Å². The number of hydrogen-bond donors (Lipinski definition) is 0.